The number of carbonyl (C=O) groups excluding carboxylic acids is 1. The second kappa shape index (κ2) is 8.11. The molecule has 0 saturated carbocycles. The second-order valence-electron chi connectivity index (χ2n) is 6.39. The summed E-state index contributed by atoms with van der Waals surface area (Å²) < 4.78 is 7.10. The predicted molar refractivity (Wildman–Crippen MR) is 94.4 cm³/mol. The van der Waals surface area contributed by atoms with Gasteiger partial charge in [0.25, 0.3) is 5.91 Å². The zero-order valence-electron chi connectivity index (χ0n) is 14.8. The van der Waals surface area contributed by atoms with Crippen molar-refractivity contribution in [3.63, 3.8) is 0 Å². The maximum absolute atomic E-state index is 12.3. The van der Waals surface area contributed by atoms with Gasteiger partial charge in [0.05, 0.1) is 6.61 Å². The van der Waals surface area contributed by atoms with Crippen molar-refractivity contribution in [3.05, 3.63) is 41.9 Å². The van der Waals surface area contributed by atoms with E-state index in [-0.39, 0.29) is 11.9 Å². The fraction of sp³-hybridized carbons (Fsp3) is 0.500. The molecule has 0 bridgehead atoms. The van der Waals surface area contributed by atoms with Gasteiger partial charge in [-0.15, -0.1) is 0 Å². The van der Waals surface area contributed by atoms with Crippen LogP contribution in [0.2, 0.25) is 0 Å². The highest BCUT2D eigenvalue weighted by atomic mass is 16.5. The van der Waals surface area contributed by atoms with E-state index in [9.17, 15) is 4.79 Å². The van der Waals surface area contributed by atoms with E-state index in [1.807, 2.05) is 12.3 Å². The third-order valence-corrected chi connectivity index (χ3v) is 4.32. The third kappa shape index (κ3) is 4.57. The van der Waals surface area contributed by atoms with Gasteiger partial charge in [-0.25, -0.2) is 4.98 Å². The van der Waals surface area contributed by atoms with E-state index in [4.69, 9.17) is 4.74 Å². The molecule has 1 aliphatic rings. The minimum absolute atomic E-state index is 0.0639. The molecule has 7 heteroatoms. The van der Waals surface area contributed by atoms with Gasteiger partial charge in [-0.05, 0) is 24.5 Å². The number of ether oxygens (including phenoxy) is 1. The summed E-state index contributed by atoms with van der Waals surface area (Å²) >= 11 is 0. The molecule has 25 heavy (non-hydrogen) atoms. The van der Waals surface area contributed by atoms with Gasteiger partial charge in [0.15, 0.2) is 0 Å². The molecule has 1 atom stereocenters. The molecule has 2 aromatic heterocycles. The molecule has 0 radical (unpaired) electrons. The summed E-state index contributed by atoms with van der Waals surface area (Å²) in [5.41, 5.74) is 1.74. The van der Waals surface area contributed by atoms with Crippen LogP contribution in [0.4, 0.5) is 0 Å². The van der Waals surface area contributed by atoms with Gasteiger partial charge in [-0.3, -0.25) is 14.4 Å². The Hall–Kier alpha value is -2.41. The molecule has 0 unspecified atom stereocenters. The topological polar surface area (TPSA) is 72.3 Å². The van der Waals surface area contributed by atoms with Crippen molar-refractivity contribution >= 4 is 5.91 Å². The van der Waals surface area contributed by atoms with Crippen molar-refractivity contribution < 1.29 is 9.53 Å². The first-order chi connectivity index (χ1) is 12.2. The zero-order valence-corrected chi connectivity index (χ0v) is 14.8. The molecular formula is C18H25N5O2. The molecule has 1 amide bonds. The Balaban J connectivity index is 1.48. The number of nitrogens with zero attached hydrogens (tertiary/aromatic N) is 4. The lowest BCUT2D eigenvalue weighted by Crippen LogP contribution is -2.37. The third-order valence-electron chi connectivity index (χ3n) is 4.32. The Bertz CT molecular complexity index is 698. The molecule has 3 rings (SSSR count). The zero-order chi connectivity index (χ0) is 17.6. The van der Waals surface area contributed by atoms with Crippen LogP contribution in [0.25, 0.3) is 0 Å². The minimum Gasteiger partial charge on any atom is -0.478 e. The van der Waals surface area contributed by atoms with Gasteiger partial charge in [0, 0.05) is 51.2 Å². The lowest BCUT2D eigenvalue weighted by atomic mass is 10.2. The number of hydrogen-bond acceptors (Lipinski definition) is 5. The summed E-state index contributed by atoms with van der Waals surface area (Å²) in [6.07, 6.45) is 5.43. The fourth-order valence-corrected chi connectivity index (χ4v) is 3.00. The number of nitrogens with one attached hydrogen (secondary N) is 1. The Kier molecular flexibility index (Phi) is 5.65. The molecule has 1 aliphatic heterocycles. The SMILES string of the molecule is CCCOc1ccc(CN2CC[C@@H](NC(=O)c3ccnn3C)C2)cn1. The minimum atomic E-state index is -0.0639. The molecule has 1 N–H and O–H groups in total. The Morgan fingerprint density at radius 1 is 1.40 bits per heavy atom. The fourth-order valence-electron chi connectivity index (χ4n) is 3.00. The average Bonchev–Trinajstić information content (AvgIpc) is 3.23. The number of pyridine rings is 1. The van der Waals surface area contributed by atoms with Crippen molar-refractivity contribution in [2.45, 2.75) is 32.4 Å². The first-order valence-electron chi connectivity index (χ1n) is 8.74. The largest absolute Gasteiger partial charge is 0.478 e. The van der Waals surface area contributed by atoms with Crippen molar-refractivity contribution in [1.82, 2.24) is 25.0 Å². The highest BCUT2D eigenvalue weighted by Crippen LogP contribution is 2.15. The van der Waals surface area contributed by atoms with Crippen LogP contribution >= 0.6 is 0 Å². The van der Waals surface area contributed by atoms with E-state index >= 15 is 0 Å². The van der Waals surface area contributed by atoms with E-state index < -0.39 is 0 Å². The van der Waals surface area contributed by atoms with E-state index in [1.165, 1.54) is 0 Å². The van der Waals surface area contributed by atoms with Gasteiger partial charge < -0.3 is 10.1 Å². The van der Waals surface area contributed by atoms with Crippen LogP contribution in [0.1, 0.15) is 35.8 Å². The van der Waals surface area contributed by atoms with Crippen molar-refractivity contribution in [3.8, 4) is 5.88 Å². The molecule has 7 nitrogen and oxygen atoms in total. The second-order valence-corrected chi connectivity index (χ2v) is 6.39. The predicted octanol–water partition coefficient (Wildman–Crippen LogP) is 1.61. The summed E-state index contributed by atoms with van der Waals surface area (Å²) in [7, 11) is 1.77. The van der Waals surface area contributed by atoms with E-state index in [0.29, 0.717) is 18.2 Å². The molecule has 134 valence electrons. The lowest BCUT2D eigenvalue weighted by Gasteiger charge is -2.17. The highest BCUT2D eigenvalue weighted by Gasteiger charge is 2.25. The Morgan fingerprint density at radius 2 is 2.28 bits per heavy atom. The molecule has 3 heterocycles. The lowest BCUT2D eigenvalue weighted by molar-refractivity contribution is 0.0928. The van der Waals surface area contributed by atoms with Crippen LogP contribution in [-0.2, 0) is 13.6 Å². The molecule has 1 saturated heterocycles. The van der Waals surface area contributed by atoms with Gasteiger partial charge in [-0.2, -0.15) is 5.10 Å². The van der Waals surface area contributed by atoms with Crippen LogP contribution in [0.3, 0.4) is 0 Å². The number of amides is 1. The summed E-state index contributed by atoms with van der Waals surface area (Å²) in [5.74, 6) is 0.610. The number of likely N-dealkylation sites (tertiary alicyclic amines) is 1. The summed E-state index contributed by atoms with van der Waals surface area (Å²) in [6.45, 7) is 5.41. The van der Waals surface area contributed by atoms with E-state index in [0.717, 1.165) is 38.0 Å². The number of aryl methyl sites for hydroxylation is 1. The number of rotatable bonds is 7. The number of hydrogen-bond donors (Lipinski definition) is 1. The maximum atomic E-state index is 12.3. The molecule has 0 spiro atoms. The van der Waals surface area contributed by atoms with Crippen molar-refractivity contribution in [2.75, 3.05) is 19.7 Å². The first-order valence-corrected chi connectivity index (χ1v) is 8.74. The van der Waals surface area contributed by atoms with Crippen molar-refractivity contribution in [1.29, 1.82) is 0 Å². The van der Waals surface area contributed by atoms with Gasteiger partial charge in [0.2, 0.25) is 5.88 Å². The molecular weight excluding hydrogens is 318 g/mol. The molecule has 2 aromatic rings. The van der Waals surface area contributed by atoms with Crippen LogP contribution < -0.4 is 10.1 Å². The monoisotopic (exact) mass is 343 g/mol. The summed E-state index contributed by atoms with van der Waals surface area (Å²) in [5, 5.41) is 7.13. The van der Waals surface area contributed by atoms with Crippen LogP contribution in [-0.4, -0.2) is 51.3 Å². The molecule has 1 fully saturated rings. The summed E-state index contributed by atoms with van der Waals surface area (Å²) in [4.78, 5) is 18.9. The van der Waals surface area contributed by atoms with Crippen molar-refractivity contribution in [2.24, 2.45) is 7.05 Å². The number of carbonyl (C=O) groups is 1. The quantitative estimate of drug-likeness (QED) is 0.827. The van der Waals surface area contributed by atoms with Gasteiger partial charge in [-0.1, -0.05) is 13.0 Å². The van der Waals surface area contributed by atoms with E-state index in [2.05, 4.69) is 33.3 Å². The standard InChI is InChI=1S/C18H25N5O2/c1-3-10-25-17-5-4-14(11-19-17)12-23-9-7-15(13-23)21-18(24)16-6-8-20-22(16)2/h4-6,8,11,15H,3,7,9-10,12-13H2,1-2H3,(H,21,24)/t15-/m1/s1. The van der Waals surface area contributed by atoms with Crippen LogP contribution in [0.15, 0.2) is 30.6 Å². The summed E-state index contributed by atoms with van der Waals surface area (Å²) in [6, 6.07) is 5.88. The Morgan fingerprint density at radius 3 is 2.96 bits per heavy atom. The number of aromatic nitrogens is 3. The maximum Gasteiger partial charge on any atom is 0.269 e. The van der Waals surface area contributed by atoms with Crippen LogP contribution in [0, 0.1) is 0 Å². The Labute approximate surface area is 148 Å². The van der Waals surface area contributed by atoms with E-state index in [1.54, 1.807) is 24.0 Å². The average molecular weight is 343 g/mol. The van der Waals surface area contributed by atoms with Gasteiger partial charge in [0.1, 0.15) is 5.69 Å². The molecule has 0 aliphatic carbocycles. The molecule has 0 aromatic carbocycles. The highest BCUT2D eigenvalue weighted by molar-refractivity contribution is 5.92. The normalized spacial score (nSPS) is 17.6. The first kappa shape index (κ1) is 17.4. The smallest absolute Gasteiger partial charge is 0.269 e. The van der Waals surface area contributed by atoms with Crippen LogP contribution in [0.5, 0.6) is 5.88 Å². The van der Waals surface area contributed by atoms with Gasteiger partial charge >= 0.3 is 0 Å².